The van der Waals surface area contributed by atoms with Crippen LogP contribution >= 0.6 is 0 Å². The highest BCUT2D eigenvalue weighted by Gasteiger charge is 2.28. The minimum Gasteiger partial charge on any atom is -0.497 e. The highest BCUT2D eigenvalue weighted by atomic mass is 16.5. The molecule has 1 aliphatic rings. The topological polar surface area (TPSA) is 94.2 Å². The summed E-state index contributed by atoms with van der Waals surface area (Å²) in [5, 5.41) is 4.02. The monoisotopic (exact) mass is 407 g/mol. The van der Waals surface area contributed by atoms with E-state index < -0.39 is 0 Å². The van der Waals surface area contributed by atoms with Crippen molar-refractivity contribution in [1.29, 1.82) is 0 Å². The van der Waals surface area contributed by atoms with Crippen molar-refractivity contribution in [3.8, 4) is 17.1 Å². The van der Waals surface area contributed by atoms with Gasteiger partial charge in [0.15, 0.2) is 0 Å². The SMILES string of the molecule is COc1ccc(CCC(=O)N2CCC[C@@H](c3ncncc3-c3noc(C)n3)C2)cc1. The number of methoxy groups -OCH3 is 1. The number of likely N-dealkylation sites (tertiary alicyclic amines) is 1. The number of benzene rings is 1. The van der Waals surface area contributed by atoms with Gasteiger partial charge in [0.05, 0.1) is 18.4 Å². The van der Waals surface area contributed by atoms with Crippen molar-refractivity contribution in [2.45, 2.75) is 38.5 Å². The molecule has 1 aliphatic heterocycles. The largest absolute Gasteiger partial charge is 0.497 e. The Morgan fingerprint density at radius 2 is 2.13 bits per heavy atom. The van der Waals surface area contributed by atoms with Crippen molar-refractivity contribution in [3.63, 3.8) is 0 Å². The quantitative estimate of drug-likeness (QED) is 0.619. The van der Waals surface area contributed by atoms with Gasteiger partial charge in [-0.15, -0.1) is 0 Å². The lowest BCUT2D eigenvalue weighted by molar-refractivity contribution is -0.132. The molecule has 0 N–H and O–H groups in total. The predicted octanol–water partition coefficient (Wildman–Crippen LogP) is 3.18. The molecular weight excluding hydrogens is 382 g/mol. The molecule has 0 saturated carbocycles. The number of aromatic nitrogens is 4. The van der Waals surface area contributed by atoms with Gasteiger partial charge in [-0.25, -0.2) is 9.97 Å². The van der Waals surface area contributed by atoms with Crippen molar-refractivity contribution < 1.29 is 14.1 Å². The third kappa shape index (κ3) is 4.48. The van der Waals surface area contributed by atoms with E-state index in [1.54, 1.807) is 20.2 Å². The number of aryl methyl sites for hydroxylation is 2. The summed E-state index contributed by atoms with van der Waals surface area (Å²) >= 11 is 0. The average molecular weight is 407 g/mol. The lowest BCUT2D eigenvalue weighted by atomic mass is 9.91. The first-order valence-electron chi connectivity index (χ1n) is 10.2. The standard InChI is InChI=1S/C22H25N5O3/c1-15-25-22(26-30-15)19-12-23-14-24-21(19)17-4-3-11-27(13-17)20(28)10-7-16-5-8-18(29-2)9-6-16/h5-6,8-9,12,14,17H,3-4,7,10-11,13H2,1-2H3/t17-/m1/s1. The first-order valence-corrected chi connectivity index (χ1v) is 10.2. The molecule has 0 radical (unpaired) electrons. The van der Waals surface area contributed by atoms with E-state index in [-0.39, 0.29) is 11.8 Å². The van der Waals surface area contributed by atoms with E-state index in [4.69, 9.17) is 9.26 Å². The number of piperidine rings is 1. The summed E-state index contributed by atoms with van der Waals surface area (Å²) < 4.78 is 10.3. The molecule has 8 nitrogen and oxygen atoms in total. The van der Waals surface area contributed by atoms with E-state index >= 15 is 0 Å². The van der Waals surface area contributed by atoms with Gasteiger partial charge < -0.3 is 14.2 Å². The fraction of sp³-hybridized carbons (Fsp3) is 0.409. The van der Waals surface area contributed by atoms with Gasteiger partial charge in [-0.2, -0.15) is 4.98 Å². The summed E-state index contributed by atoms with van der Waals surface area (Å²) in [6, 6.07) is 7.86. The summed E-state index contributed by atoms with van der Waals surface area (Å²) in [6.45, 7) is 3.17. The number of carbonyl (C=O) groups is 1. The fourth-order valence-electron chi connectivity index (χ4n) is 3.87. The Balaban J connectivity index is 1.42. The number of amides is 1. The third-order valence-corrected chi connectivity index (χ3v) is 5.46. The van der Waals surface area contributed by atoms with Gasteiger partial charge in [0.25, 0.3) is 0 Å². The van der Waals surface area contributed by atoms with Gasteiger partial charge in [0.1, 0.15) is 12.1 Å². The van der Waals surface area contributed by atoms with Crippen LogP contribution in [0.2, 0.25) is 0 Å². The molecule has 1 aromatic carbocycles. The van der Waals surface area contributed by atoms with Gasteiger partial charge in [-0.1, -0.05) is 17.3 Å². The highest BCUT2D eigenvalue weighted by Crippen LogP contribution is 2.31. The molecular formula is C22H25N5O3. The van der Waals surface area contributed by atoms with Crippen LogP contribution in [0.1, 0.15) is 42.3 Å². The molecule has 0 bridgehead atoms. The van der Waals surface area contributed by atoms with Crippen LogP contribution in [0.3, 0.4) is 0 Å². The van der Waals surface area contributed by atoms with Crippen molar-refractivity contribution in [2.24, 2.45) is 0 Å². The van der Waals surface area contributed by atoms with Crippen LogP contribution in [0.15, 0.2) is 41.3 Å². The van der Waals surface area contributed by atoms with Crippen molar-refractivity contribution >= 4 is 5.91 Å². The molecule has 0 aliphatic carbocycles. The van der Waals surface area contributed by atoms with Crippen molar-refractivity contribution in [3.05, 3.63) is 53.9 Å². The Morgan fingerprint density at radius 1 is 1.30 bits per heavy atom. The Bertz CT molecular complexity index is 1000. The predicted molar refractivity (Wildman–Crippen MR) is 110 cm³/mol. The smallest absolute Gasteiger partial charge is 0.223 e. The van der Waals surface area contributed by atoms with Crippen LogP contribution in [-0.2, 0) is 11.2 Å². The fourth-order valence-corrected chi connectivity index (χ4v) is 3.87. The van der Waals surface area contributed by atoms with E-state index in [1.807, 2.05) is 29.2 Å². The van der Waals surface area contributed by atoms with Gasteiger partial charge in [0, 0.05) is 38.5 Å². The van der Waals surface area contributed by atoms with Crippen LogP contribution in [0.5, 0.6) is 5.75 Å². The Labute approximate surface area is 175 Å². The first-order chi connectivity index (χ1) is 14.6. The van der Waals surface area contributed by atoms with E-state index in [2.05, 4.69) is 20.1 Å². The third-order valence-electron chi connectivity index (χ3n) is 5.46. The zero-order valence-corrected chi connectivity index (χ0v) is 17.2. The summed E-state index contributed by atoms with van der Waals surface area (Å²) in [4.78, 5) is 27.8. The molecule has 3 aromatic rings. The van der Waals surface area contributed by atoms with Crippen molar-refractivity contribution in [1.82, 2.24) is 25.0 Å². The maximum absolute atomic E-state index is 12.9. The second kappa shape index (κ2) is 9.02. The number of hydrogen-bond acceptors (Lipinski definition) is 7. The Kier molecular flexibility index (Phi) is 6.02. The maximum Gasteiger partial charge on any atom is 0.223 e. The zero-order chi connectivity index (χ0) is 20.9. The zero-order valence-electron chi connectivity index (χ0n) is 17.2. The molecule has 30 heavy (non-hydrogen) atoms. The molecule has 8 heteroatoms. The molecule has 2 aromatic heterocycles. The van der Waals surface area contributed by atoms with Gasteiger partial charge in [-0.3, -0.25) is 4.79 Å². The maximum atomic E-state index is 12.9. The summed E-state index contributed by atoms with van der Waals surface area (Å²) in [5.41, 5.74) is 2.77. The molecule has 0 unspecified atom stereocenters. The normalized spacial score (nSPS) is 16.5. The summed E-state index contributed by atoms with van der Waals surface area (Å²) in [5.74, 6) is 2.10. The Morgan fingerprint density at radius 3 is 2.87 bits per heavy atom. The van der Waals surface area contributed by atoms with Crippen LogP contribution in [0.25, 0.3) is 11.4 Å². The van der Waals surface area contributed by atoms with Gasteiger partial charge >= 0.3 is 0 Å². The number of hydrogen-bond donors (Lipinski definition) is 0. The number of carbonyl (C=O) groups excluding carboxylic acids is 1. The second-order valence-corrected chi connectivity index (χ2v) is 7.49. The second-order valence-electron chi connectivity index (χ2n) is 7.49. The lowest BCUT2D eigenvalue weighted by Gasteiger charge is -2.33. The molecule has 1 amide bonds. The Hall–Kier alpha value is -3.29. The average Bonchev–Trinajstić information content (AvgIpc) is 3.24. The summed E-state index contributed by atoms with van der Waals surface area (Å²) in [7, 11) is 1.65. The first kappa shape index (κ1) is 20.0. The molecule has 1 atom stereocenters. The number of ether oxygens (including phenoxy) is 1. The van der Waals surface area contributed by atoms with Crippen LogP contribution < -0.4 is 4.74 Å². The van der Waals surface area contributed by atoms with Crippen LogP contribution in [-0.4, -0.2) is 51.1 Å². The van der Waals surface area contributed by atoms with E-state index in [9.17, 15) is 4.79 Å². The lowest BCUT2D eigenvalue weighted by Crippen LogP contribution is -2.39. The highest BCUT2D eigenvalue weighted by molar-refractivity contribution is 5.76. The number of rotatable bonds is 6. The summed E-state index contributed by atoms with van der Waals surface area (Å²) in [6.07, 6.45) is 6.36. The van der Waals surface area contributed by atoms with E-state index in [0.717, 1.165) is 42.0 Å². The molecule has 1 fully saturated rings. The molecule has 3 heterocycles. The molecule has 0 spiro atoms. The molecule has 1 saturated heterocycles. The van der Waals surface area contributed by atoms with Crippen molar-refractivity contribution in [2.75, 3.05) is 20.2 Å². The van der Waals surface area contributed by atoms with Crippen LogP contribution in [0, 0.1) is 6.92 Å². The molecule has 156 valence electrons. The van der Waals surface area contributed by atoms with Gasteiger partial charge in [-0.05, 0) is 37.0 Å². The number of nitrogens with zero attached hydrogens (tertiary/aromatic N) is 5. The molecule has 4 rings (SSSR count). The van der Waals surface area contributed by atoms with Gasteiger partial charge in [0.2, 0.25) is 17.6 Å². The minimum absolute atomic E-state index is 0.125. The minimum atomic E-state index is 0.125. The van der Waals surface area contributed by atoms with E-state index in [0.29, 0.717) is 31.1 Å². The van der Waals surface area contributed by atoms with Crippen LogP contribution in [0.4, 0.5) is 0 Å². The van der Waals surface area contributed by atoms with E-state index in [1.165, 1.54) is 6.33 Å².